The third-order valence-electron chi connectivity index (χ3n) is 4.03. The Hall–Kier alpha value is -1.40. The van der Waals surface area contributed by atoms with E-state index >= 15 is 0 Å². The average molecular weight is 295 g/mol. The van der Waals surface area contributed by atoms with Crippen molar-refractivity contribution in [2.45, 2.75) is 43.9 Å². The van der Waals surface area contributed by atoms with E-state index < -0.39 is 18.2 Å². The van der Waals surface area contributed by atoms with Gasteiger partial charge in [0.25, 0.3) is 5.91 Å². The second kappa shape index (κ2) is 5.54. The van der Waals surface area contributed by atoms with Crippen molar-refractivity contribution >= 4 is 23.2 Å². The topological polar surface area (TPSA) is 66.8 Å². The van der Waals surface area contributed by atoms with Crippen LogP contribution in [0.3, 0.4) is 0 Å². The second-order valence-corrected chi connectivity index (χ2v) is 6.06. The Morgan fingerprint density at radius 3 is 2.75 bits per heavy atom. The number of carboxylic acids is 1. The number of thiophene rings is 1. The van der Waals surface area contributed by atoms with Gasteiger partial charge in [0.05, 0.1) is 6.04 Å². The van der Waals surface area contributed by atoms with Crippen LogP contribution < -0.4 is 0 Å². The third kappa shape index (κ3) is 2.45. The largest absolute Gasteiger partial charge is 0.479 e. The van der Waals surface area contributed by atoms with Crippen molar-refractivity contribution in [3.63, 3.8) is 0 Å². The second-order valence-electron chi connectivity index (χ2n) is 5.28. The molecule has 6 heteroatoms. The lowest BCUT2D eigenvalue weighted by atomic mass is 10.1. The minimum absolute atomic E-state index is 0.0533. The van der Waals surface area contributed by atoms with Crippen LogP contribution in [0.5, 0.6) is 0 Å². The minimum Gasteiger partial charge on any atom is -0.479 e. The Kier molecular flexibility index (Phi) is 3.76. The van der Waals surface area contributed by atoms with Crippen LogP contribution in [0.25, 0.3) is 0 Å². The first-order valence-corrected chi connectivity index (χ1v) is 7.82. The molecule has 3 unspecified atom stereocenters. The van der Waals surface area contributed by atoms with Crippen LogP contribution in [0.1, 0.15) is 37.3 Å². The Morgan fingerprint density at radius 2 is 2.10 bits per heavy atom. The van der Waals surface area contributed by atoms with Gasteiger partial charge in [-0.25, -0.2) is 4.79 Å². The van der Waals surface area contributed by atoms with E-state index in [1.807, 2.05) is 10.3 Å². The average Bonchev–Trinajstić information content (AvgIpc) is 3.17. The standard InChI is InChI=1S/C14H17NO4S/c16-13(11-3-4-12(19-11)14(17)18)15-6-1-2-10(15)9-5-7-20-8-9/h5,7-8,10-12H,1-4,6H2,(H,17,18). The van der Waals surface area contributed by atoms with Crippen LogP contribution in [0.15, 0.2) is 16.8 Å². The normalized spacial score (nSPS) is 29.8. The fraction of sp³-hybridized carbons (Fsp3) is 0.571. The molecule has 0 radical (unpaired) electrons. The number of carbonyl (C=O) groups is 2. The summed E-state index contributed by atoms with van der Waals surface area (Å²) in [6.07, 6.45) is 1.46. The Labute approximate surface area is 121 Å². The third-order valence-corrected chi connectivity index (χ3v) is 4.74. The van der Waals surface area contributed by atoms with E-state index in [1.54, 1.807) is 11.3 Å². The molecule has 5 nitrogen and oxygen atoms in total. The van der Waals surface area contributed by atoms with E-state index in [9.17, 15) is 9.59 Å². The molecule has 1 N–H and O–H groups in total. The van der Waals surface area contributed by atoms with Gasteiger partial charge < -0.3 is 14.7 Å². The number of carboxylic acid groups (broad SMARTS) is 1. The van der Waals surface area contributed by atoms with Crippen LogP contribution in [0.2, 0.25) is 0 Å². The van der Waals surface area contributed by atoms with Gasteiger partial charge in [-0.1, -0.05) is 0 Å². The fourth-order valence-electron chi connectivity index (χ4n) is 3.03. The van der Waals surface area contributed by atoms with Gasteiger partial charge in [0, 0.05) is 6.54 Å². The van der Waals surface area contributed by atoms with Crippen molar-refractivity contribution < 1.29 is 19.4 Å². The molecule has 108 valence electrons. The van der Waals surface area contributed by atoms with E-state index in [4.69, 9.17) is 9.84 Å². The zero-order valence-corrected chi connectivity index (χ0v) is 11.8. The zero-order chi connectivity index (χ0) is 14.1. The van der Waals surface area contributed by atoms with Gasteiger partial charge in [-0.15, -0.1) is 0 Å². The Morgan fingerprint density at radius 1 is 1.30 bits per heavy atom. The van der Waals surface area contributed by atoms with Crippen LogP contribution in [-0.4, -0.2) is 40.6 Å². The molecule has 1 aromatic heterocycles. The molecule has 1 amide bonds. The lowest BCUT2D eigenvalue weighted by Crippen LogP contribution is -2.39. The van der Waals surface area contributed by atoms with Crippen LogP contribution in [0.4, 0.5) is 0 Å². The maximum absolute atomic E-state index is 12.5. The van der Waals surface area contributed by atoms with Crippen molar-refractivity contribution in [2.24, 2.45) is 0 Å². The first-order chi connectivity index (χ1) is 9.66. The summed E-state index contributed by atoms with van der Waals surface area (Å²) in [6.45, 7) is 0.733. The van der Waals surface area contributed by atoms with Gasteiger partial charge in [0.2, 0.25) is 0 Å². The van der Waals surface area contributed by atoms with Gasteiger partial charge in [-0.05, 0) is 48.1 Å². The number of aliphatic carboxylic acids is 1. The number of likely N-dealkylation sites (tertiary alicyclic amines) is 1. The van der Waals surface area contributed by atoms with Gasteiger partial charge >= 0.3 is 5.97 Å². The van der Waals surface area contributed by atoms with Crippen LogP contribution >= 0.6 is 11.3 Å². The number of ether oxygens (including phenoxy) is 1. The number of rotatable bonds is 3. The molecule has 2 saturated heterocycles. The van der Waals surface area contributed by atoms with Crippen molar-refractivity contribution in [1.82, 2.24) is 4.90 Å². The molecule has 0 spiro atoms. The lowest BCUT2D eigenvalue weighted by Gasteiger charge is -2.26. The quantitative estimate of drug-likeness (QED) is 0.926. The fourth-order valence-corrected chi connectivity index (χ4v) is 3.73. The van der Waals surface area contributed by atoms with E-state index in [1.165, 1.54) is 5.56 Å². The molecule has 0 aromatic carbocycles. The van der Waals surface area contributed by atoms with E-state index in [0.29, 0.717) is 12.8 Å². The minimum atomic E-state index is -0.976. The first kappa shape index (κ1) is 13.6. The van der Waals surface area contributed by atoms with Crippen LogP contribution in [0, 0.1) is 0 Å². The van der Waals surface area contributed by atoms with Gasteiger partial charge in [-0.3, -0.25) is 4.79 Å². The lowest BCUT2D eigenvalue weighted by molar-refractivity contribution is -0.155. The smallest absolute Gasteiger partial charge is 0.332 e. The number of hydrogen-bond donors (Lipinski definition) is 1. The predicted molar refractivity (Wildman–Crippen MR) is 73.5 cm³/mol. The van der Waals surface area contributed by atoms with Crippen molar-refractivity contribution in [2.75, 3.05) is 6.54 Å². The van der Waals surface area contributed by atoms with Crippen LogP contribution in [-0.2, 0) is 14.3 Å². The number of nitrogens with zero attached hydrogens (tertiary/aromatic N) is 1. The molecular formula is C14H17NO4S. The Bertz CT molecular complexity index is 501. The SMILES string of the molecule is O=C(O)C1CCC(C(=O)N2CCCC2c2ccsc2)O1. The molecule has 2 fully saturated rings. The molecular weight excluding hydrogens is 278 g/mol. The highest BCUT2D eigenvalue weighted by atomic mass is 32.1. The molecule has 0 aliphatic carbocycles. The first-order valence-electron chi connectivity index (χ1n) is 6.87. The summed E-state index contributed by atoms with van der Waals surface area (Å²) in [5.74, 6) is -1.03. The van der Waals surface area contributed by atoms with E-state index in [-0.39, 0.29) is 11.9 Å². The molecule has 0 saturated carbocycles. The van der Waals surface area contributed by atoms with E-state index in [2.05, 4.69) is 11.4 Å². The molecule has 0 bridgehead atoms. The predicted octanol–water partition coefficient (Wildman–Crippen LogP) is 2.04. The summed E-state index contributed by atoms with van der Waals surface area (Å²) in [7, 11) is 0. The summed E-state index contributed by atoms with van der Waals surface area (Å²) in [6, 6.07) is 2.18. The highest BCUT2D eigenvalue weighted by Crippen LogP contribution is 2.35. The summed E-state index contributed by atoms with van der Waals surface area (Å²) < 4.78 is 5.37. The highest BCUT2D eigenvalue weighted by Gasteiger charge is 2.40. The maximum atomic E-state index is 12.5. The molecule has 2 aliphatic rings. The summed E-state index contributed by atoms with van der Waals surface area (Å²) >= 11 is 1.63. The summed E-state index contributed by atoms with van der Waals surface area (Å²) in [5.41, 5.74) is 1.17. The monoisotopic (exact) mass is 295 g/mol. The molecule has 1 aromatic rings. The zero-order valence-electron chi connectivity index (χ0n) is 11.0. The molecule has 2 aliphatic heterocycles. The number of hydrogen-bond acceptors (Lipinski definition) is 4. The maximum Gasteiger partial charge on any atom is 0.332 e. The summed E-state index contributed by atoms with van der Waals surface area (Å²) in [5, 5.41) is 13.0. The molecule has 3 rings (SSSR count). The van der Waals surface area contributed by atoms with Crippen molar-refractivity contribution in [3.8, 4) is 0 Å². The Balaban J connectivity index is 1.69. The molecule has 20 heavy (non-hydrogen) atoms. The van der Waals surface area contributed by atoms with Crippen molar-refractivity contribution in [1.29, 1.82) is 0 Å². The number of carbonyl (C=O) groups excluding carboxylic acids is 1. The van der Waals surface area contributed by atoms with Gasteiger partial charge in [-0.2, -0.15) is 11.3 Å². The van der Waals surface area contributed by atoms with Gasteiger partial charge in [0.1, 0.15) is 6.10 Å². The molecule has 3 atom stereocenters. The van der Waals surface area contributed by atoms with Gasteiger partial charge in [0.15, 0.2) is 6.10 Å². The molecule has 3 heterocycles. The number of amides is 1. The summed E-state index contributed by atoms with van der Waals surface area (Å²) in [4.78, 5) is 25.3. The highest BCUT2D eigenvalue weighted by molar-refractivity contribution is 7.07. The van der Waals surface area contributed by atoms with Crippen molar-refractivity contribution in [3.05, 3.63) is 22.4 Å². The van der Waals surface area contributed by atoms with E-state index in [0.717, 1.165) is 19.4 Å².